The number of rotatable bonds is 7. The number of nitrogens with one attached hydrogen (secondary N) is 1. The first-order valence-corrected chi connectivity index (χ1v) is 6.16. The van der Waals surface area contributed by atoms with Crippen molar-refractivity contribution in [1.82, 2.24) is 10.2 Å². The highest BCUT2D eigenvalue weighted by Crippen LogP contribution is 2.16. The van der Waals surface area contributed by atoms with Crippen LogP contribution in [0.25, 0.3) is 0 Å². The molecule has 104 valence electrons. The van der Waals surface area contributed by atoms with Gasteiger partial charge in [0.05, 0.1) is 19.6 Å². The van der Waals surface area contributed by atoms with Crippen LogP contribution in [-0.2, 0) is 13.1 Å². The standard InChI is InChI=1S/C13H22F2N2O/c1-9(2)16-6-12-10(3)5-11(18-12)7-17(4)8-13(14)15/h5,9,13,16H,6-8H2,1-4H3. The third-order valence-electron chi connectivity index (χ3n) is 2.62. The molecule has 5 heteroatoms. The zero-order valence-corrected chi connectivity index (χ0v) is 11.5. The predicted octanol–water partition coefficient (Wildman–Crippen LogP) is 2.78. The van der Waals surface area contributed by atoms with Gasteiger partial charge in [0.25, 0.3) is 6.43 Å². The van der Waals surface area contributed by atoms with E-state index in [1.165, 1.54) is 0 Å². The Hall–Kier alpha value is -0.940. The third kappa shape index (κ3) is 5.14. The molecule has 0 unspecified atom stereocenters. The Labute approximate surface area is 107 Å². The molecule has 0 spiro atoms. The zero-order valence-electron chi connectivity index (χ0n) is 11.5. The van der Waals surface area contributed by atoms with Gasteiger partial charge in [-0.25, -0.2) is 8.78 Å². The summed E-state index contributed by atoms with van der Waals surface area (Å²) in [5.74, 6) is 1.61. The largest absolute Gasteiger partial charge is 0.463 e. The molecule has 0 aliphatic rings. The van der Waals surface area contributed by atoms with Gasteiger partial charge in [0, 0.05) is 6.04 Å². The van der Waals surface area contributed by atoms with Crippen molar-refractivity contribution in [2.45, 2.75) is 46.3 Å². The van der Waals surface area contributed by atoms with Crippen LogP contribution in [0.3, 0.4) is 0 Å². The van der Waals surface area contributed by atoms with Crippen LogP contribution in [0.15, 0.2) is 10.5 Å². The van der Waals surface area contributed by atoms with E-state index >= 15 is 0 Å². The number of nitrogens with zero attached hydrogens (tertiary/aromatic N) is 1. The SMILES string of the molecule is Cc1cc(CN(C)CC(F)F)oc1CNC(C)C. The first kappa shape index (κ1) is 15.1. The summed E-state index contributed by atoms with van der Waals surface area (Å²) in [7, 11) is 1.66. The number of hydrogen-bond donors (Lipinski definition) is 1. The summed E-state index contributed by atoms with van der Waals surface area (Å²) in [4.78, 5) is 1.56. The lowest BCUT2D eigenvalue weighted by Crippen LogP contribution is -2.24. The van der Waals surface area contributed by atoms with Gasteiger partial charge >= 0.3 is 0 Å². The van der Waals surface area contributed by atoms with Gasteiger partial charge in [-0.3, -0.25) is 4.90 Å². The molecule has 0 aliphatic heterocycles. The molecule has 3 nitrogen and oxygen atoms in total. The highest BCUT2D eigenvalue weighted by Gasteiger charge is 2.12. The van der Waals surface area contributed by atoms with Crippen LogP contribution in [0.4, 0.5) is 8.78 Å². The second-order valence-electron chi connectivity index (χ2n) is 4.94. The van der Waals surface area contributed by atoms with Gasteiger partial charge in [0.15, 0.2) is 0 Å². The van der Waals surface area contributed by atoms with Gasteiger partial charge in [-0.05, 0) is 25.6 Å². The van der Waals surface area contributed by atoms with Crippen LogP contribution in [0, 0.1) is 6.92 Å². The number of aryl methyl sites for hydroxylation is 1. The zero-order chi connectivity index (χ0) is 13.7. The van der Waals surface area contributed by atoms with E-state index in [2.05, 4.69) is 19.2 Å². The maximum Gasteiger partial charge on any atom is 0.251 e. The lowest BCUT2D eigenvalue weighted by molar-refractivity contribution is 0.0944. The summed E-state index contributed by atoms with van der Waals surface area (Å²) in [6, 6.07) is 2.30. The molecule has 0 atom stereocenters. The maximum absolute atomic E-state index is 12.2. The Morgan fingerprint density at radius 1 is 1.39 bits per heavy atom. The molecule has 0 aromatic carbocycles. The van der Waals surface area contributed by atoms with Crippen LogP contribution in [0.1, 0.15) is 30.9 Å². The topological polar surface area (TPSA) is 28.4 Å². The van der Waals surface area contributed by atoms with E-state index in [0.717, 1.165) is 17.1 Å². The van der Waals surface area contributed by atoms with E-state index in [9.17, 15) is 8.78 Å². The lowest BCUT2D eigenvalue weighted by Gasteiger charge is -2.13. The molecule has 1 heterocycles. The van der Waals surface area contributed by atoms with Crippen molar-refractivity contribution in [2.24, 2.45) is 0 Å². The molecular formula is C13H22F2N2O. The van der Waals surface area contributed by atoms with Gasteiger partial charge in [-0.2, -0.15) is 0 Å². The van der Waals surface area contributed by atoms with Crippen molar-refractivity contribution in [2.75, 3.05) is 13.6 Å². The maximum atomic E-state index is 12.2. The molecule has 1 rings (SSSR count). The minimum absolute atomic E-state index is 0.237. The summed E-state index contributed by atoms with van der Waals surface area (Å²) in [6.45, 7) is 6.94. The lowest BCUT2D eigenvalue weighted by atomic mass is 10.2. The van der Waals surface area contributed by atoms with Gasteiger partial charge in [0.1, 0.15) is 11.5 Å². The Morgan fingerprint density at radius 3 is 2.61 bits per heavy atom. The fourth-order valence-corrected chi connectivity index (χ4v) is 1.71. The molecule has 0 amide bonds. The fourth-order valence-electron chi connectivity index (χ4n) is 1.71. The molecule has 0 radical (unpaired) electrons. The van der Waals surface area contributed by atoms with E-state index in [0.29, 0.717) is 19.1 Å². The molecule has 1 aromatic heterocycles. The Kier molecular flexibility index (Phi) is 5.75. The Bertz CT molecular complexity index is 364. The average molecular weight is 260 g/mol. The van der Waals surface area contributed by atoms with Crippen LogP contribution in [-0.4, -0.2) is 31.0 Å². The van der Waals surface area contributed by atoms with E-state index in [-0.39, 0.29) is 6.54 Å². The Morgan fingerprint density at radius 2 is 2.06 bits per heavy atom. The van der Waals surface area contributed by atoms with Crippen LogP contribution < -0.4 is 5.32 Å². The van der Waals surface area contributed by atoms with Crippen LogP contribution in [0.5, 0.6) is 0 Å². The second-order valence-corrected chi connectivity index (χ2v) is 4.94. The molecule has 0 bridgehead atoms. The summed E-state index contributed by atoms with van der Waals surface area (Å²) in [5, 5.41) is 3.27. The smallest absolute Gasteiger partial charge is 0.251 e. The molecule has 1 N–H and O–H groups in total. The number of halogens is 2. The second kappa shape index (κ2) is 6.85. The minimum atomic E-state index is -2.31. The predicted molar refractivity (Wildman–Crippen MR) is 67.8 cm³/mol. The van der Waals surface area contributed by atoms with Crippen LogP contribution in [0.2, 0.25) is 0 Å². The summed E-state index contributed by atoms with van der Waals surface area (Å²) < 4.78 is 30.1. The quantitative estimate of drug-likeness (QED) is 0.817. The van der Waals surface area contributed by atoms with Crippen molar-refractivity contribution in [3.05, 3.63) is 23.2 Å². The van der Waals surface area contributed by atoms with E-state index in [1.54, 1.807) is 11.9 Å². The first-order chi connectivity index (χ1) is 8.38. The fraction of sp³-hybridized carbons (Fsp3) is 0.692. The summed E-state index contributed by atoms with van der Waals surface area (Å²) >= 11 is 0. The normalized spacial score (nSPS) is 12.1. The van der Waals surface area contributed by atoms with Gasteiger partial charge in [-0.15, -0.1) is 0 Å². The third-order valence-corrected chi connectivity index (χ3v) is 2.62. The Balaban J connectivity index is 2.55. The summed E-state index contributed by atoms with van der Waals surface area (Å²) in [6.07, 6.45) is -2.31. The van der Waals surface area contributed by atoms with Gasteiger partial charge in [-0.1, -0.05) is 13.8 Å². The van der Waals surface area contributed by atoms with Crippen molar-refractivity contribution >= 4 is 0 Å². The molecule has 0 saturated carbocycles. The summed E-state index contributed by atoms with van der Waals surface area (Å²) in [5.41, 5.74) is 1.06. The van der Waals surface area contributed by atoms with E-state index in [1.807, 2.05) is 13.0 Å². The van der Waals surface area contributed by atoms with Crippen molar-refractivity contribution in [1.29, 1.82) is 0 Å². The molecule has 0 saturated heterocycles. The molecular weight excluding hydrogens is 238 g/mol. The molecule has 0 fully saturated rings. The molecule has 1 aromatic rings. The highest BCUT2D eigenvalue weighted by molar-refractivity contribution is 5.20. The van der Waals surface area contributed by atoms with Crippen molar-refractivity contribution in [3.63, 3.8) is 0 Å². The highest BCUT2D eigenvalue weighted by atomic mass is 19.3. The van der Waals surface area contributed by atoms with E-state index in [4.69, 9.17) is 4.42 Å². The monoisotopic (exact) mass is 260 g/mol. The number of alkyl halides is 2. The minimum Gasteiger partial charge on any atom is -0.463 e. The molecule has 18 heavy (non-hydrogen) atoms. The average Bonchev–Trinajstić information content (AvgIpc) is 2.54. The van der Waals surface area contributed by atoms with Gasteiger partial charge < -0.3 is 9.73 Å². The van der Waals surface area contributed by atoms with Gasteiger partial charge in [0.2, 0.25) is 0 Å². The number of furan rings is 1. The van der Waals surface area contributed by atoms with Crippen molar-refractivity contribution in [3.8, 4) is 0 Å². The van der Waals surface area contributed by atoms with E-state index < -0.39 is 6.43 Å². The molecule has 0 aliphatic carbocycles. The van der Waals surface area contributed by atoms with Crippen molar-refractivity contribution < 1.29 is 13.2 Å². The number of hydrogen-bond acceptors (Lipinski definition) is 3. The van der Waals surface area contributed by atoms with Crippen LogP contribution >= 0.6 is 0 Å². The first-order valence-electron chi connectivity index (χ1n) is 6.16.